The van der Waals surface area contributed by atoms with Crippen LogP contribution in [0.4, 0.5) is 0 Å². The van der Waals surface area contributed by atoms with Crippen molar-refractivity contribution in [3.63, 3.8) is 0 Å². The molecule has 31 heavy (non-hydrogen) atoms. The lowest BCUT2D eigenvalue weighted by molar-refractivity contribution is -0.124. The number of hydrogen-bond donors (Lipinski definition) is 1. The number of esters is 1. The zero-order valence-corrected chi connectivity index (χ0v) is 17.5. The second-order valence-electron chi connectivity index (χ2n) is 7.28. The Morgan fingerprint density at radius 3 is 2.48 bits per heavy atom. The monoisotopic (exact) mass is 416 g/mol. The first-order valence-electron chi connectivity index (χ1n) is 10.1. The van der Waals surface area contributed by atoms with Gasteiger partial charge in [-0.15, -0.1) is 0 Å². The lowest BCUT2D eigenvalue weighted by Gasteiger charge is -2.07. The van der Waals surface area contributed by atoms with Crippen molar-refractivity contribution in [2.45, 2.75) is 26.2 Å². The highest BCUT2D eigenvalue weighted by Gasteiger charge is 2.21. The first kappa shape index (κ1) is 21.8. The predicted octanol–water partition coefficient (Wildman–Crippen LogP) is 3.85. The maximum absolute atomic E-state index is 12.8. The van der Waals surface area contributed by atoms with E-state index >= 15 is 0 Å². The van der Waals surface area contributed by atoms with E-state index < -0.39 is 18.5 Å². The SMILES string of the molecule is CC(C)c1ccc(-c2nn(-c3ccccc3)cc2C(=O)OCC(=O)NCCC#N)cc1. The molecule has 0 aliphatic carbocycles. The van der Waals surface area contributed by atoms with Crippen molar-refractivity contribution in [1.82, 2.24) is 15.1 Å². The van der Waals surface area contributed by atoms with Gasteiger partial charge < -0.3 is 10.1 Å². The Kier molecular flexibility index (Phi) is 7.17. The van der Waals surface area contributed by atoms with Gasteiger partial charge in [-0.05, 0) is 23.6 Å². The van der Waals surface area contributed by atoms with Gasteiger partial charge in [0.1, 0.15) is 11.3 Å². The maximum Gasteiger partial charge on any atom is 0.342 e. The number of aromatic nitrogens is 2. The lowest BCUT2D eigenvalue weighted by atomic mass is 10.00. The first-order chi connectivity index (χ1) is 15.0. The smallest absolute Gasteiger partial charge is 0.342 e. The summed E-state index contributed by atoms with van der Waals surface area (Å²) in [6, 6.07) is 19.3. The summed E-state index contributed by atoms with van der Waals surface area (Å²) in [5, 5.41) is 15.7. The standard InChI is InChI=1S/C24H24N4O3/c1-17(2)18-9-11-19(12-10-18)23-21(15-28(27-23)20-7-4-3-5-8-20)24(30)31-16-22(29)26-14-6-13-25/h3-5,7-12,15,17H,6,14,16H2,1-2H3,(H,26,29). The highest BCUT2D eigenvalue weighted by atomic mass is 16.5. The summed E-state index contributed by atoms with van der Waals surface area (Å²) in [4.78, 5) is 24.6. The second-order valence-corrected chi connectivity index (χ2v) is 7.28. The van der Waals surface area contributed by atoms with E-state index in [-0.39, 0.29) is 18.5 Å². The number of nitrogens with zero attached hydrogens (tertiary/aromatic N) is 3. The fraction of sp³-hybridized carbons (Fsp3) is 0.250. The lowest BCUT2D eigenvalue weighted by Crippen LogP contribution is -2.29. The minimum absolute atomic E-state index is 0.194. The number of carbonyl (C=O) groups excluding carboxylic acids is 2. The van der Waals surface area contributed by atoms with Crippen molar-refractivity contribution < 1.29 is 14.3 Å². The van der Waals surface area contributed by atoms with Crippen LogP contribution < -0.4 is 5.32 Å². The minimum Gasteiger partial charge on any atom is -0.452 e. The van der Waals surface area contributed by atoms with Gasteiger partial charge in [-0.25, -0.2) is 9.48 Å². The van der Waals surface area contributed by atoms with Crippen LogP contribution in [-0.2, 0) is 9.53 Å². The quantitative estimate of drug-likeness (QED) is 0.444. The van der Waals surface area contributed by atoms with E-state index in [1.165, 1.54) is 5.56 Å². The molecule has 0 aliphatic heterocycles. The van der Waals surface area contributed by atoms with Crippen molar-refractivity contribution in [2.24, 2.45) is 0 Å². The third-order valence-electron chi connectivity index (χ3n) is 4.70. The summed E-state index contributed by atoms with van der Waals surface area (Å²) < 4.78 is 6.83. The molecular weight excluding hydrogens is 392 g/mol. The number of nitriles is 1. The molecule has 0 aliphatic rings. The molecule has 158 valence electrons. The van der Waals surface area contributed by atoms with Gasteiger partial charge in [0.2, 0.25) is 0 Å². The zero-order chi connectivity index (χ0) is 22.2. The molecule has 1 N–H and O–H groups in total. The fourth-order valence-corrected chi connectivity index (χ4v) is 2.99. The van der Waals surface area contributed by atoms with E-state index in [0.717, 1.165) is 11.3 Å². The molecule has 0 saturated carbocycles. The summed E-state index contributed by atoms with van der Waals surface area (Å²) in [6.07, 6.45) is 1.80. The van der Waals surface area contributed by atoms with Crippen LogP contribution in [0.15, 0.2) is 60.8 Å². The number of hydrogen-bond acceptors (Lipinski definition) is 5. The van der Waals surface area contributed by atoms with Crippen LogP contribution in [-0.4, -0.2) is 34.8 Å². The molecule has 0 radical (unpaired) electrons. The molecule has 1 amide bonds. The molecule has 2 aromatic carbocycles. The maximum atomic E-state index is 12.8. The third kappa shape index (κ3) is 5.58. The summed E-state index contributed by atoms with van der Waals surface area (Å²) in [5.41, 5.74) is 3.52. The molecule has 0 fully saturated rings. The molecule has 1 heterocycles. The number of benzene rings is 2. The average Bonchev–Trinajstić information content (AvgIpc) is 3.24. The van der Waals surface area contributed by atoms with Crippen molar-refractivity contribution in [3.05, 3.63) is 71.9 Å². The average molecular weight is 416 g/mol. The number of ether oxygens (including phenoxy) is 1. The molecule has 7 nitrogen and oxygen atoms in total. The fourth-order valence-electron chi connectivity index (χ4n) is 2.99. The number of rotatable bonds is 8. The van der Waals surface area contributed by atoms with E-state index in [1.807, 2.05) is 60.7 Å². The number of amides is 1. The van der Waals surface area contributed by atoms with Crippen molar-refractivity contribution in [1.29, 1.82) is 5.26 Å². The van der Waals surface area contributed by atoms with Crippen LogP contribution in [0.2, 0.25) is 0 Å². The topological polar surface area (TPSA) is 97.0 Å². The van der Waals surface area contributed by atoms with Crippen LogP contribution >= 0.6 is 0 Å². The largest absolute Gasteiger partial charge is 0.452 e. The zero-order valence-electron chi connectivity index (χ0n) is 17.5. The number of para-hydroxylation sites is 1. The Labute approximate surface area is 181 Å². The molecule has 3 rings (SSSR count). The van der Waals surface area contributed by atoms with E-state index in [4.69, 9.17) is 10.00 Å². The molecule has 7 heteroatoms. The highest BCUT2D eigenvalue weighted by molar-refractivity contribution is 5.97. The van der Waals surface area contributed by atoms with Gasteiger partial charge in [0.15, 0.2) is 6.61 Å². The molecule has 3 aromatic rings. The van der Waals surface area contributed by atoms with Crippen molar-refractivity contribution in [2.75, 3.05) is 13.2 Å². The van der Waals surface area contributed by atoms with Gasteiger partial charge in [-0.2, -0.15) is 10.4 Å². The molecule has 0 unspecified atom stereocenters. The van der Waals surface area contributed by atoms with Gasteiger partial charge >= 0.3 is 5.97 Å². The van der Waals surface area contributed by atoms with E-state index in [1.54, 1.807) is 10.9 Å². The minimum atomic E-state index is -0.638. The normalized spacial score (nSPS) is 10.5. The Bertz CT molecular complexity index is 1080. The van der Waals surface area contributed by atoms with Crippen molar-refractivity contribution >= 4 is 11.9 Å². The Balaban J connectivity index is 1.87. The first-order valence-corrected chi connectivity index (χ1v) is 10.1. The summed E-state index contributed by atoms with van der Waals surface area (Å²) in [5.74, 6) is -0.706. The van der Waals surface area contributed by atoms with Gasteiger partial charge in [0.05, 0.1) is 18.2 Å². The summed E-state index contributed by atoms with van der Waals surface area (Å²) in [6.45, 7) is 4.02. The number of carbonyl (C=O) groups is 2. The highest BCUT2D eigenvalue weighted by Crippen LogP contribution is 2.26. The van der Waals surface area contributed by atoms with Gasteiger partial charge in [0, 0.05) is 18.3 Å². The predicted molar refractivity (Wildman–Crippen MR) is 117 cm³/mol. The van der Waals surface area contributed by atoms with E-state index in [0.29, 0.717) is 11.6 Å². The second kappa shape index (κ2) is 10.2. The number of nitrogens with one attached hydrogen (secondary N) is 1. The Hall–Kier alpha value is -3.92. The molecule has 0 saturated heterocycles. The molecule has 0 atom stereocenters. The molecule has 0 spiro atoms. The van der Waals surface area contributed by atoms with Gasteiger partial charge in [-0.1, -0.05) is 56.3 Å². The molecular formula is C24H24N4O3. The summed E-state index contributed by atoms with van der Waals surface area (Å²) in [7, 11) is 0. The van der Waals surface area contributed by atoms with Gasteiger partial charge in [0.25, 0.3) is 5.91 Å². The Morgan fingerprint density at radius 2 is 1.84 bits per heavy atom. The molecule has 0 bridgehead atoms. The van der Waals surface area contributed by atoms with E-state index in [9.17, 15) is 9.59 Å². The third-order valence-corrected chi connectivity index (χ3v) is 4.70. The summed E-state index contributed by atoms with van der Waals surface area (Å²) >= 11 is 0. The van der Waals surface area contributed by atoms with Gasteiger partial charge in [-0.3, -0.25) is 4.79 Å². The van der Waals surface area contributed by atoms with Crippen LogP contribution in [0.1, 0.15) is 42.1 Å². The Morgan fingerprint density at radius 1 is 1.13 bits per heavy atom. The molecule has 1 aromatic heterocycles. The van der Waals surface area contributed by atoms with Crippen LogP contribution in [0, 0.1) is 11.3 Å². The van der Waals surface area contributed by atoms with Crippen LogP contribution in [0.25, 0.3) is 16.9 Å². The van der Waals surface area contributed by atoms with Crippen molar-refractivity contribution in [3.8, 4) is 23.0 Å². The van der Waals surface area contributed by atoms with E-state index in [2.05, 4.69) is 24.3 Å². The van der Waals surface area contributed by atoms with Crippen LogP contribution in [0.5, 0.6) is 0 Å². The van der Waals surface area contributed by atoms with Crippen LogP contribution in [0.3, 0.4) is 0 Å².